The Morgan fingerprint density at radius 2 is 1.85 bits per heavy atom. The van der Waals surface area contributed by atoms with Crippen LogP contribution in [0, 0.1) is 0 Å². The van der Waals surface area contributed by atoms with Crippen LogP contribution < -0.4 is 24.4 Å². The summed E-state index contributed by atoms with van der Waals surface area (Å²) in [6.07, 6.45) is -3.67. The van der Waals surface area contributed by atoms with Crippen molar-refractivity contribution < 1.29 is 32.7 Å². The lowest BCUT2D eigenvalue weighted by Crippen LogP contribution is -3.08. The first-order chi connectivity index (χ1) is 12.3. The minimum absolute atomic E-state index is 0.0600. The van der Waals surface area contributed by atoms with E-state index in [-0.39, 0.29) is 24.0 Å². The molecule has 138 valence electrons. The lowest BCUT2D eigenvalue weighted by atomic mass is 10.2. The SMILES string of the molecule is COc1ccc(C[NH+](C)CC(=O)Nc2ccc3c(c2)OC(F)(F)O3)cc1. The molecule has 1 aliphatic heterocycles. The zero-order valence-electron chi connectivity index (χ0n) is 14.3. The standard InChI is InChI=1S/C18H18F2N2O4/c1-22(10-12-3-6-14(24-2)7-4-12)11-17(23)21-13-5-8-15-16(9-13)26-18(19,20)25-15/h3-9H,10-11H2,1-2H3,(H,21,23)/p+1. The Hall–Kier alpha value is -2.87. The molecule has 0 aliphatic carbocycles. The number of likely N-dealkylation sites (N-methyl/N-ethyl adjacent to an activating group) is 1. The summed E-state index contributed by atoms with van der Waals surface area (Å²) < 4.78 is 39.8. The van der Waals surface area contributed by atoms with Gasteiger partial charge in [-0.05, 0) is 36.4 Å². The van der Waals surface area contributed by atoms with E-state index in [4.69, 9.17) is 4.74 Å². The van der Waals surface area contributed by atoms with Gasteiger partial charge in [0.15, 0.2) is 18.0 Å². The third-order valence-corrected chi connectivity index (χ3v) is 3.81. The molecule has 0 saturated heterocycles. The number of quaternary nitrogens is 1. The number of hydrogen-bond donors (Lipinski definition) is 2. The highest BCUT2D eigenvalue weighted by Crippen LogP contribution is 2.42. The molecule has 1 amide bonds. The van der Waals surface area contributed by atoms with Crippen LogP contribution in [0.2, 0.25) is 0 Å². The molecule has 0 aromatic heterocycles. The fourth-order valence-electron chi connectivity index (χ4n) is 2.66. The summed E-state index contributed by atoms with van der Waals surface area (Å²) in [4.78, 5) is 13.1. The molecule has 1 aliphatic rings. The van der Waals surface area contributed by atoms with Crippen molar-refractivity contribution in [3.05, 3.63) is 48.0 Å². The van der Waals surface area contributed by atoms with Crippen LogP contribution in [-0.2, 0) is 11.3 Å². The summed E-state index contributed by atoms with van der Waals surface area (Å²) in [5.74, 6) is 0.376. The van der Waals surface area contributed by atoms with Crippen molar-refractivity contribution in [1.82, 2.24) is 0 Å². The van der Waals surface area contributed by atoms with Gasteiger partial charge in [0, 0.05) is 17.3 Å². The molecule has 0 radical (unpaired) electrons. The molecule has 26 heavy (non-hydrogen) atoms. The van der Waals surface area contributed by atoms with Crippen molar-refractivity contribution in [1.29, 1.82) is 0 Å². The molecule has 0 saturated carbocycles. The number of carbonyl (C=O) groups is 1. The summed E-state index contributed by atoms with van der Waals surface area (Å²) in [5, 5.41) is 2.67. The van der Waals surface area contributed by atoms with Crippen LogP contribution >= 0.6 is 0 Å². The minimum Gasteiger partial charge on any atom is -0.497 e. The summed E-state index contributed by atoms with van der Waals surface area (Å²) in [7, 11) is 3.50. The van der Waals surface area contributed by atoms with Gasteiger partial charge in [-0.2, -0.15) is 0 Å². The predicted molar refractivity (Wildman–Crippen MR) is 89.7 cm³/mol. The van der Waals surface area contributed by atoms with E-state index in [1.54, 1.807) is 7.11 Å². The number of anilines is 1. The van der Waals surface area contributed by atoms with Crippen molar-refractivity contribution in [2.24, 2.45) is 0 Å². The van der Waals surface area contributed by atoms with Crippen LogP contribution in [0.3, 0.4) is 0 Å². The Labute approximate surface area is 149 Å². The lowest BCUT2D eigenvalue weighted by Gasteiger charge is -2.14. The minimum atomic E-state index is -3.67. The van der Waals surface area contributed by atoms with Crippen molar-refractivity contribution in [3.8, 4) is 17.2 Å². The number of benzene rings is 2. The van der Waals surface area contributed by atoms with Gasteiger partial charge < -0.3 is 24.4 Å². The topological polar surface area (TPSA) is 61.2 Å². The van der Waals surface area contributed by atoms with Crippen LogP contribution in [0.1, 0.15) is 5.56 Å². The molecule has 2 aromatic carbocycles. The third-order valence-electron chi connectivity index (χ3n) is 3.81. The van der Waals surface area contributed by atoms with Gasteiger partial charge in [-0.1, -0.05) is 0 Å². The predicted octanol–water partition coefficient (Wildman–Crippen LogP) is 1.67. The van der Waals surface area contributed by atoms with E-state index in [0.29, 0.717) is 12.2 Å². The third kappa shape index (κ3) is 4.40. The second-order valence-corrected chi connectivity index (χ2v) is 6.04. The van der Waals surface area contributed by atoms with E-state index in [0.717, 1.165) is 16.2 Å². The molecular formula is C18H19F2N2O4+. The fourth-order valence-corrected chi connectivity index (χ4v) is 2.66. The number of rotatable bonds is 6. The molecule has 0 bridgehead atoms. The van der Waals surface area contributed by atoms with Crippen LogP contribution in [0.5, 0.6) is 17.2 Å². The second-order valence-electron chi connectivity index (χ2n) is 6.04. The van der Waals surface area contributed by atoms with Gasteiger partial charge >= 0.3 is 6.29 Å². The average molecular weight is 365 g/mol. The Bertz CT molecular complexity index is 796. The molecule has 0 fully saturated rings. The van der Waals surface area contributed by atoms with E-state index < -0.39 is 6.29 Å². The number of nitrogens with one attached hydrogen (secondary N) is 2. The number of methoxy groups -OCH3 is 1. The van der Waals surface area contributed by atoms with Gasteiger partial charge in [0.1, 0.15) is 12.3 Å². The van der Waals surface area contributed by atoms with E-state index in [1.807, 2.05) is 31.3 Å². The monoisotopic (exact) mass is 365 g/mol. The second kappa shape index (κ2) is 7.17. The molecule has 2 N–H and O–H groups in total. The smallest absolute Gasteiger partial charge is 0.497 e. The Balaban J connectivity index is 1.54. The molecule has 2 aromatic rings. The Kier molecular flexibility index (Phi) is 4.94. The van der Waals surface area contributed by atoms with Crippen molar-refractivity contribution in [2.45, 2.75) is 12.8 Å². The fraction of sp³-hybridized carbons (Fsp3) is 0.278. The highest BCUT2D eigenvalue weighted by Gasteiger charge is 2.43. The van der Waals surface area contributed by atoms with Crippen LogP contribution in [0.4, 0.5) is 14.5 Å². The summed E-state index contributed by atoms with van der Waals surface area (Å²) in [6.45, 7) is 0.876. The average Bonchev–Trinajstić information content (AvgIpc) is 2.88. The normalized spacial score (nSPS) is 15.4. The van der Waals surface area contributed by atoms with Gasteiger partial charge in [-0.15, -0.1) is 8.78 Å². The van der Waals surface area contributed by atoms with Gasteiger partial charge in [0.2, 0.25) is 0 Å². The van der Waals surface area contributed by atoms with Gasteiger partial charge in [0.05, 0.1) is 14.2 Å². The first kappa shape index (κ1) is 17.9. The molecular weight excluding hydrogens is 346 g/mol. The van der Waals surface area contributed by atoms with Gasteiger partial charge in [-0.3, -0.25) is 4.79 Å². The summed E-state index contributed by atoms with van der Waals surface area (Å²) in [6, 6.07) is 11.7. The number of ether oxygens (including phenoxy) is 3. The van der Waals surface area contributed by atoms with Crippen LogP contribution in [0.15, 0.2) is 42.5 Å². The maximum absolute atomic E-state index is 13.0. The largest absolute Gasteiger partial charge is 0.586 e. The Morgan fingerprint density at radius 3 is 2.54 bits per heavy atom. The summed E-state index contributed by atoms with van der Waals surface area (Å²) in [5.41, 5.74) is 1.44. The Morgan fingerprint density at radius 1 is 1.15 bits per heavy atom. The molecule has 0 spiro atoms. The number of halogens is 2. The molecule has 6 nitrogen and oxygen atoms in total. The number of carbonyl (C=O) groups excluding carboxylic acids is 1. The molecule has 1 heterocycles. The molecule has 1 unspecified atom stereocenters. The van der Waals surface area contributed by atoms with E-state index in [1.165, 1.54) is 18.2 Å². The first-order valence-electron chi connectivity index (χ1n) is 7.98. The first-order valence-corrected chi connectivity index (χ1v) is 7.98. The van der Waals surface area contributed by atoms with Crippen LogP contribution in [-0.4, -0.2) is 32.9 Å². The highest BCUT2D eigenvalue weighted by molar-refractivity contribution is 5.91. The van der Waals surface area contributed by atoms with Crippen LogP contribution in [0.25, 0.3) is 0 Å². The number of hydrogen-bond acceptors (Lipinski definition) is 4. The number of amides is 1. The quantitative estimate of drug-likeness (QED) is 0.818. The zero-order valence-corrected chi connectivity index (χ0v) is 14.3. The van der Waals surface area contributed by atoms with E-state index in [2.05, 4.69) is 14.8 Å². The number of alkyl halides is 2. The maximum Gasteiger partial charge on any atom is 0.586 e. The number of fused-ring (bicyclic) bond motifs is 1. The molecule has 8 heteroatoms. The van der Waals surface area contributed by atoms with Crippen molar-refractivity contribution in [3.63, 3.8) is 0 Å². The summed E-state index contributed by atoms with van der Waals surface area (Å²) >= 11 is 0. The van der Waals surface area contributed by atoms with E-state index >= 15 is 0 Å². The zero-order chi connectivity index (χ0) is 18.7. The van der Waals surface area contributed by atoms with Gasteiger partial charge in [0.25, 0.3) is 5.91 Å². The highest BCUT2D eigenvalue weighted by atomic mass is 19.3. The van der Waals surface area contributed by atoms with Gasteiger partial charge in [-0.25, -0.2) is 0 Å². The maximum atomic E-state index is 13.0. The molecule has 3 rings (SSSR count). The van der Waals surface area contributed by atoms with E-state index in [9.17, 15) is 13.6 Å². The van der Waals surface area contributed by atoms with Crippen molar-refractivity contribution >= 4 is 11.6 Å². The van der Waals surface area contributed by atoms with Crippen molar-refractivity contribution in [2.75, 3.05) is 26.0 Å². The lowest BCUT2D eigenvalue weighted by molar-refractivity contribution is -0.885. The molecule has 1 atom stereocenters.